The third-order valence-corrected chi connectivity index (χ3v) is 6.57. The zero-order valence-electron chi connectivity index (χ0n) is 9.25. The van der Waals surface area contributed by atoms with Gasteiger partial charge in [-0.05, 0) is 35.0 Å². The molecule has 0 aliphatic rings. The van der Waals surface area contributed by atoms with Gasteiger partial charge in [-0.15, -0.1) is 22.7 Å². The molecule has 0 spiro atoms. The van der Waals surface area contributed by atoms with Gasteiger partial charge in [0, 0.05) is 0 Å². The summed E-state index contributed by atoms with van der Waals surface area (Å²) in [4.78, 5) is 0. The highest BCUT2D eigenvalue weighted by atomic mass is 32.3. The van der Waals surface area contributed by atoms with E-state index in [1.807, 2.05) is 0 Å². The van der Waals surface area contributed by atoms with Crippen LogP contribution in [0.1, 0.15) is 0 Å². The first kappa shape index (κ1) is 14.3. The van der Waals surface area contributed by atoms with Gasteiger partial charge in [0.25, 0.3) is 0 Å². The van der Waals surface area contributed by atoms with Crippen molar-refractivity contribution in [2.24, 2.45) is 0 Å². The SMILES string of the molecule is O=S(=O)(CS(=O)(=O)Oc1cccs1)Oc1cccs1. The standard InChI is InChI=1S/C9H8O6S4/c10-18(11,14-8-3-1-5-16-8)7-19(12,13)15-9-4-2-6-17-9/h1-6H,7H2. The summed E-state index contributed by atoms with van der Waals surface area (Å²) >= 11 is 2.09. The van der Waals surface area contributed by atoms with Gasteiger partial charge in [-0.1, -0.05) is 0 Å². The molecule has 6 nitrogen and oxygen atoms in total. The van der Waals surface area contributed by atoms with Crippen LogP contribution >= 0.6 is 22.7 Å². The van der Waals surface area contributed by atoms with E-state index in [1.165, 1.54) is 12.1 Å². The molecule has 0 fully saturated rings. The van der Waals surface area contributed by atoms with E-state index < -0.39 is 25.3 Å². The first-order valence-electron chi connectivity index (χ1n) is 4.78. The number of hydrogen-bond acceptors (Lipinski definition) is 8. The van der Waals surface area contributed by atoms with Crippen LogP contribution in [0.15, 0.2) is 35.0 Å². The number of rotatable bonds is 6. The predicted octanol–water partition coefficient (Wildman–Crippen LogP) is 1.88. The van der Waals surface area contributed by atoms with Crippen molar-refractivity contribution in [2.75, 3.05) is 5.08 Å². The Morgan fingerprint density at radius 1 is 0.842 bits per heavy atom. The molecule has 0 aliphatic heterocycles. The Morgan fingerprint density at radius 2 is 1.26 bits per heavy atom. The van der Waals surface area contributed by atoms with Crippen LogP contribution in [-0.2, 0) is 20.2 Å². The minimum absolute atomic E-state index is 0.103. The van der Waals surface area contributed by atoms with Gasteiger partial charge in [-0.2, -0.15) is 16.8 Å². The van der Waals surface area contributed by atoms with E-state index in [2.05, 4.69) is 8.37 Å². The molecule has 10 heteroatoms. The zero-order chi connectivity index (χ0) is 13.9. The monoisotopic (exact) mass is 340 g/mol. The highest BCUT2D eigenvalue weighted by molar-refractivity contribution is 8.04. The maximum Gasteiger partial charge on any atom is 0.328 e. The Labute approximate surface area is 118 Å². The molecule has 0 saturated carbocycles. The number of hydrogen-bond donors (Lipinski definition) is 0. The van der Waals surface area contributed by atoms with Crippen molar-refractivity contribution in [1.82, 2.24) is 0 Å². The third kappa shape index (κ3) is 4.49. The summed E-state index contributed by atoms with van der Waals surface area (Å²) in [5, 5.41) is 2.19. The maximum absolute atomic E-state index is 11.6. The van der Waals surface area contributed by atoms with Gasteiger partial charge in [-0.25, -0.2) is 0 Å². The molecule has 104 valence electrons. The fourth-order valence-electron chi connectivity index (χ4n) is 1.10. The zero-order valence-corrected chi connectivity index (χ0v) is 12.5. The second kappa shape index (κ2) is 5.49. The van der Waals surface area contributed by atoms with Crippen molar-refractivity contribution >= 4 is 42.9 Å². The second-order valence-corrected chi connectivity index (χ2v) is 8.59. The van der Waals surface area contributed by atoms with Crippen LogP contribution in [-0.4, -0.2) is 21.9 Å². The summed E-state index contributed by atoms with van der Waals surface area (Å²) in [5.41, 5.74) is 0. The third-order valence-electron chi connectivity index (χ3n) is 1.70. The fraction of sp³-hybridized carbons (Fsp3) is 0.111. The van der Waals surface area contributed by atoms with Crippen LogP contribution in [0.5, 0.6) is 10.1 Å². The molecule has 0 bridgehead atoms. The molecule has 2 aromatic heterocycles. The topological polar surface area (TPSA) is 86.7 Å². The lowest BCUT2D eigenvalue weighted by molar-refractivity contribution is 0.481. The van der Waals surface area contributed by atoms with Crippen LogP contribution in [0.4, 0.5) is 0 Å². The van der Waals surface area contributed by atoms with Crippen LogP contribution in [0.25, 0.3) is 0 Å². The van der Waals surface area contributed by atoms with Gasteiger partial charge in [0.15, 0.2) is 10.1 Å². The van der Waals surface area contributed by atoms with Crippen molar-refractivity contribution in [3.63, 3.8) is 0 Å². The summed E-state index contributed by atoms with van der Waals surface area (Å²) in [6.45, 7) is 0. The van der Waals surface area contributed by atoms with Crippen molar-refractivity contribution in [2.45, 2.75) is 0 Å². The van der Waals surface area contributed by atoms with Crippen molar-refractivity contribution < 1.29 is 25.2 Å². The Kier molecular flexibility index (Phi) is 4.13. The first-order chi connectivity index (χ1) is 8.86. The molecule has 2 heterocycles. The number of thiophene rings is 2. The van der Waals surface area contributed by atoms with E-state index in [1.54, 1.807) is 22.9 Å². The van der Waals surface area contributed by atoms with Crippen LogP contribution in [0.3, 0.4) is 0 Å². The molecule has 2 aromatic rings. The largest absolute Gasteiger partial charge is 0.370 e. The summed E-state index contributed by atoms with van der Waals surface area (Å²) < 4.78 is 55.5. The molecular formula is C9H8O6S4. The molecule has 19 heavy (non-hydrogen) atoms. The molecule has 0 atom stereocenters. The Morgan fingerprint density at radius 3 is 1.58 bits per heavy atom. The summed E-state index contributed by atoms with van der Waals surface area (Å²) in [6.07, 6.45) is 0. The molecule has 0 radical (unpaired) electrons. The van der Waals surface area contributed by atoms with Crippen LogP contribution in [0.2, 0.25) is 0 Å². The van der Waals surface area contributed by atoms with Crippen LogP contribution in [0, 0.1) is 0 Å². The highest BCUT2D eigenvalue weighted by Gasteiger charge is 2.26. The minimum Gasteiger partial charge on any atom is -0.370 e. The van der Waals surface area contributed by atoms with Gasteiger partial charge in [0.2, 0.25) is 5.08 Å². The molecule has 2 rings (SSSR count). The van der Waals surface area contributed by atoms with E-state index in [0.29, 0.717) is 0 Å². The summed E-state index contributed by atoms with van der Waals surface area (Å²) in [7, 11) is -8.53. The summed E-state index contributed by atoms with van der Waals surface area (Å²) in [6, 6.07) is 6.03. The van der Waals surface area contributed by atoms with Crippen molar-refractivity contribution in [3.8, 4) is 10.1 Å². The Balaban J connectivity index is 2.07. The summed E-state index contributed by atoms with van der Waals surface area (Å²) in [5.74, 6) is 0. The predicted molar refractivity (Wildman–Crippen MR) is 72.6 cm³/mol. The lowest BCUT2D eigenvalue weighted by Crippen LogP contribution is -2.24. The second-order valence-electron chi connectivity index (χ2n) is 3.26. The maximum atomic E-state index is 11.6. The molecule has 0 saturated heterocycles. The van der Waals surface area contributed by atoms with E-state index in [0.717, 1.165) is 22.7 Å². The van der Waals surface area contributed by atoms with Gasteiger partial charge in [0.1, 0.15) is 0 Å². The van der Waals surface area contributed by atoms with Crippen molar-refractivity contribution in [1.29, 1.82) is 0 Å². The highest BCUT2D eigenvalue weighted by Crippen LogP contribution is 2.23. The fourth-order valence-corrected chi connectivity index (χ4v) is 5.34. The molecule has 0 aromatic carbocycles. The van der Waals surface area contributed by atoms with Gasteiger partial charge < -0.3 is 8.37 Å². The lowest BCUT2D eigenvalue weighted by Gasteiger charge is -2.06. The lowest BCUT2D eigenvalue weighted by atomic mass is 10.7. The average molecular weight is 340 g/mol. The van der Waals surface area contributed by atoms with E-state index >= 15 is 0 Å². The normalized spacial score (nSPS) is 12.2. The molecule has 0 amide bonds. The van der Waals surface area contributed by atoms with Gasteiger partial charge in [0.05, 0.1) is 0 Å². The smallest absolute Gasteiger partial charge is 0.328 e. The quantitative estimate of drug-likeness (QED) is 0.746. The molecule has 0 N–H and O–H groups in total. The van der Waals surface area contributed by atoms with E-state index in [-0.39, 0.29) is 10.1 Å². The van der Waals surface area contributed by atoms with E-state index in [9.17, 15) is 16.8 Å². The minimum atomic E-state index is -4.26. The molecule has 0 aliphatic carbocycles. The molecular weight excluding hydrogens is 332 g/mol. The average Bonchev–Trinajstić information content (AvgIpc) is 2.87. The van der Waals surface area contributed by atoms with Gasteiger partial charge in [-0.3, -0.25) is 0 Å². The van der Waals surface area contributed by atoms with E-state index in [4.69, 9.17) is 0 Å². The first-order valence-corrected chi connectivity index (χ1v) is 9.69. The van der Waals surface area contributed by atoms with Crippen molar-refractivity contribution in [3.05, 3.63) is 35.0 Å². The van der Waals surface area contributed by atoms with Crippen LogP contribution < -0.4 is 8.37 Å². The molecule has 0 unspecified atom stereocenters. The van der Waals surface area contributed by atoms with Gasteiger partial charge >= 0.3 is 20.2 Å². The Bertz CT molecular complexity index is 648. The Hall–Kier alpha value is -1.10.